The molecule has 0 heterocycles. The zero-order valence-electron chi connectivity index (χ0n) is 12.6. The number of halogens is 1. The average Bonchev–Trinajstić information content (AvgIpc) is 2.36. The van der Waals surface area contributed by atoms with Crippen LogP contribution in [0.2, 0.25) is 0 Å². The second-order valence-corrected chi connectivity index (χ2v) is 8.73. The number of hydrogen-bond acceptors (Lipinski definition) is 2. The first kappa shape index (κ1) is 14.8. The van der Waals surface area contributed by atoms with Crippen molar-refractivity contribution in [3.8, 4) is 0 Å². The first-order chi connectivity index (χ1) is 9.52. The lowest BCUT2D eigenvalue weighted by Gasteiger charge is -2.56. The maximum absolute atomic E-state index is 13.0. The third-order valence-corrected chi connectivity index (χ3v) is 6.21. The molecule has 0 radical (unpaired) electrons. The number of carbonyl (C=O) groups is 1. The van der Waals surface area contributed by atoms with Crippen molar-refractivity contribution >= 4 is 21.8 Å². The van der Waals surface area contributed by atoms with Crippen LogP contribution in [0.1, 0.15) is 38.5 Å². The van der Waals surface area contributed by atoms with Gasteiger partial charge in [-0.3, -0.25) is 4.79 Å². The number of carbonyl (C=O) groups excluding carboxylic acids is 1. The number of amides is 1. The number of hydrogen-bond donors (Lipinski definition) is 0. The predicted octanol–water partition coefficient (Wildman–Crippen LogP) is 3.07. The Morgan fingerprint density at radius 2 is 1.75 bits per heavy atom. The molecule has 4 aliphatic carbocycles. The van der Waals surface area contributed by atoms with Crippen LogP contribution in [0, 0.1) is 23.2 Å². The Bertz CT molecular complexity index is 349. The Kier molecular flexibility index (Phi) is 4.15. The summed E-state index contributed by atoms with van der Waals surface area (Å²) in [4.78, 5) is 15.2. The summed E-state index contributed by atoms with van der Waals surface area (Å²) in [5, 5.41) is 0. The lowest BCUT2D eigenvalue weighted by molar-refractivity contribution is -0.156. The smallest absolute Gasteiger partial charge is 0.228 e. The molecule has 0 N–H and O–H groups in total. The van der Waals surface area contributed by atoms with Crippen LogP contribution in [0.25, 0.3) is 0 Å². The molecule has 1 atom stereocenters. The zero-order valence-corrected chi connectivity index (χ0v) is 14.2. The molecule has 20 heavy (non-hydrogen) atoms. The fourth-order valence-corrected chi connectivity index (χ4v) is 6.09. The van der Waals surface area contributed by atoms with Crippen LogP contribution in [0.15, 0.2) is 0 Å². The highest BCUT2D eigenvalue weighted by Crippen LogP contribution is 2.60. The first-order valence-corrected chi connectivity index (χ1v) is 8.82. The number of rotatable bonds is 5. The van der Waals surface area contributed by atoms with Crippen molar-refractivity contribution in [1.29, 1.82) is 0 Å². The van der Waals surface area contributed by atoms with Crippen LogP contribution in [0.3, 0.4) is 0 Å². The molecule has 4 fully saturated rings. The SMILES string of the molecule is COCC(Br)CN(C)C(=O)C12CC3CC(CC(C3)C1)C2. The molecule has 0 saturated heterocycles. The van der Waals surface area contributed by atoms with Gasteiger partial charge in [-0.05, 0) is 56.3 Å². The van der Waals surface area contributed by atoms with Gasteiger partial charge >= 0.3 is 0 Å². The van der Waals surface area contributed by atoms with Gasteiger partial charge in [-0.2, -0.15) is 0 Å². The van der Waals surface area contributed by atoms with Gasteiger partial charge in [0.05, 0.1) is 16.8 Å². The topological polar surface area (TPSA) is 29.5 Å². The summed E-state index contributed by atoms with van der Waals surface area (Å²) >= 11 is 3.60. The van der Waals surface area contributed by atoms with Crippen molar-refractivity contribution in [3.63, 3.8) is 0 Å². The van der Waals surface area contributed by atoms with Crippen molar-refractivity contribution in [3.05, 3.63) is 0 Å². The van der Waals surface area contributed by atoms with Gasteiger partial charge in [0.15, 0.2) is 0 Å². The summed E-state index contributed by atoms with van der Waals surface area (Å²) < 4.78 is 5.15. The summed E-state index contributed by atoms with van der Waals surface area (Å²) in [6.45, 7) is 1.40. The lowest BCUT2D eigenvalue weighted by atomic mass is 9.49. The fourth-order valence-electron chi connectivity index (χ4n) is 5.39. The molecule has 0 spiro atoms. The average molecular weight is 344 g/mol. The maximum atomic E-state index is 13.0. The van der Waals surface area contributed by atoms with Crippen molar-refractivity contribution < 1.29 is 9.53 Å². The Labute approximate surface area is 130 Å². The molecular weight excluding hydrogens is 318 g/mol. The van der Waals surface area contributed by atoms with E-state index in [1.165, 1.54) is 19.3 Å². The summed E-state index contributed by atoms with van der Waals surface area (Å²) in [7, 11) is 3.67. The Hall–Kier alpha value is -0.0900. The minimum Gasteiger partial charge on any atom is -0.383 e. The van der Waals surface area contributed by atoms with Crippen molar-refractivity contribution in [1.82, 2.24) is 4.90 Å². The second kappa shape index (κ2) is 5.60. The van der Waals surface area contributed by atoms with E-state index >= 15 is 0 Å². The molecule has 0 aromatic carbocycles. The van der Waals surface area contributed by atoms with Gasteiger partial charge in [-0.25, -0.2) is 0 Å². The van der Waals surface area contributed by atoms with E-state index < -0.39 is 0 Å². The van der Waals surface area contributed by atoms with Gasteiger partial charge in [0.25, 0.3) is 0 Å². The van der Waals surface area contributed by atoms with Gasteiger partial charge in [0.1, 0.15) is 0 Å². The van der Waals surface area contributed by atoms with E-state index in [0.29, 0.717) is 12.5 Å². The van der Waals surface area contributed by atoms with E-state index in [2.05, 4.69) is 15.9 Å². The zero-order chi connectivity index (χ0) is 14.3. The van der Waals surface area contributed by atoms with Crippen LogP contribution in [-0.4, -0.2) is 42.9 Å². The van der Waals surface area contributed by atoms with Crippen LogP contribution in [-0.2, 0) is 9.53 Å². The predicted molar refractivity (Wildman–Crippen MR) is 82.8 cm³/mol. The molecule has 114 valence electrons. The number of ether oxygens (including phenoxy) is 1. The highest BCUT2D eigenvalue weighted by atomic mass is 79.9. The Balaban J connectivity index is 1.67. The molecule has 4 bridgehead atoms. The molecule has 4 rings (SSSR count). The summed E-state index contributed by atoms with van der Waals surface area (Å²) in [5.74, 6) is 2.89. The van der Waals surface area contributed by atoms with Crippen LogP contribution >= 0.6 is 15.9 Å². The van der Waals surface area contributed by atoms with Gasteiger partial charge < -0.3 is 9.64 Å². The lowest BCUT2D eigenvalue weighted by Crippen LogP contribution is -2.54. The quantitative estimate of drug-likeness (QED) is 0.718. The van der Waals surface area contributed by atoms with Crippen molar-refractivity contribution in [2.45, 2.75) is 43.4 Å². The van der Waals surface area contributed by atoms with Gasteiger partial charge in [-0.1, -0.05) is 15.9 Å². The Morgan fingerprint density at radius 1 is 1.25 bits per heavy atom. The minimum atomic E-state index is -0.0106. The molecule has 4 aliphatic rings. The monoisotopic (exact) mass is 343 g/mol. The standard InChI is InChI=1S/C16H26BrNO2/c1-18(9-14(17)10-20-2)15(19)16-6-11-3-12(7-16)5-13(4-11)8-16/h11-14H,3-10H2,1-2H3. The third-order valence-electron chi connectivity index (χ3n) is 5.66. The van der Waals surface area contributed by atoms with E-state index in [1.807, 2.05) is 11.9 Å². The van der Waals surface area contributed by atoms with E-state index in [1.54, 1.807) is 7.11 Å². The van der Waals surface area contributed by atoms with Gasteiger partial charge in [0, 0.05) is 20.7 Å². The maximum Gasteiger partial charge on any atom is 0.228 e. The molecule has 3 nitrogen and oxygen atoms in total. The molecule has 4 heteroatoms. The van der Waals surface area contributed by atoms with E-state index in [9.17, 15) is 4.79 Å². The summed E-state index contributed by atoms with van der Waals surface area (Å²) in [6, 6.07) is 0. The van der Waals surface area contributed by atoms with Crippen molar-refractivity contribution in [2.75, 3.05) is 27.3 Å². The van der Waals surface area contributed by atoms with Crippen molar-refractivity contribution in [2.24, 2.45) is 23.2 Å². The molecule has 0 aromatic heterocycles. The van der Waals surface area contributed by atoms with E-state index in [4.69, 9.17) is 4.74 Å². The summed E-state index contributed by atoms with van der Waals surface area (Å²) in [6.07, 6.45) is 7.63. The van der Waals surface area contributed by atoms with Crippen LogP contribution in [0.5, 0.6) is 0 Å². The number of nitrogens with zero attached hydrogens (tertiary/aromatic N) is 1. The first-order valence-electron chi connectivity index (χ1n) is 7.91. The number of alkyl halides is 1. The minimum absolute atomic E-state index is 0.0106. The molecule has 1 unspecified atom stereocenters. The Morgan fingerprint density at radius 3 is 2.20 bits per heavy atom. The van der Waals surface area contributed by atoms with Gasteiger partial charge in [0.2, 0.25) is 5.91 Å². The highest BCUT2D eigenvalue weighted by Gasteiger charge is 2.55. The molecule has 4 saturated carbocycles. The van der Waals surface area contributed by atoms with Crippen LogP contribution in [0.4, 0.5) is 0 Å². The highest BCUT2D eigenvalue weighted by molar-refractivity contribution is 9.09. The van der Waals surface area contributed by atoms with E-state index in [0.717, 1.165) is 43.6 Å². The summed E-state index contributed by atoms with van der Waals surface area (Å²) in [5.41, 5.74) is -0.0106. The number of methoxy groups -OCH3 is 1. The normalized spacial score (nSPS) is 39.9. The molecule has 1 amide bonds. The van der Waals surface area contributed by atoms with E-state index in [-0.39, 0.29) is 10.2 Å². The second-order valence-electron chi connectivity index (χ2n) is 7.44. The van der Waals surface area contributed by atoms with Gasteiger partial charge in [-0.15, -0.1) is 0 Å². The third kappa shape index (κ3) is 2.66. The molecular formula is C16H26BrNO2. The largest absolute Gasteiger partial charge is 0.383 e. The molecule has 0 aliphatic heterocycles. The van der Waals surface area contributed by atoms with Crippen LogP contribution < -0.4 is 0 Å². The fraction of sp³-hybridized carbons (Fsp3) is 0.938. The molecule has 0 aromatic rings.